The second-order valence-corrected chi connectivity index (χ2v) is 0.969. The minimum Gasteiger partial charge on any atom is -0.369 e. The minimum atomic E-state index is -0.540. The van der Waals surface area contributed by atoms with Gasteiger partial charge in [-0.05, 0) is 0 Å². The van der Waals surface area contributed by atoms with Crippen LogP contribution in [0.4, 0.5) is 0 Å². The predicted octanol–water partition coefficient (Wildman–Crippen LogP) is -0.410. The van der Waals surface area contributed by atoms with Gasteiger partial charge in [0.2, 0.25) is 5.91 Å². The molecule has 0 aromatic rings. The van der Waals surface area contributed by atoms with Crippen LogP contribution >= 0.6 is 0 Å². The molecule has 0 rings (SSSR count). The molecule has 0 aliphatic rings. The number of amides is 1. The predicted molar refractivity (Wildman–Crippen MR) is 23.7 cm³/mol. The van der Waals surface area contributed by atoms with Crippen molar-refractivity contribution in [1.82, 2.24) is 0 Å². The summed E-state index contributed by atoms with van der Waals surface area (Å²) in [5.74, 6) is -0.540. The molecule has 37 valence electrons. The molecular weight excluding hydrogens is 92.1 g/mol. The van der Waals surface area contributed by atoms with E-state index in [0.717, 1.165) is 6.42 Å². The summed E-state index contributed by atoms with van der Waals surface area (Å²) in [7, 11) is 0. The summed E-state index contributed by atoms with van der Waals surface area (Å²) in [5.41, 5.74) is 4.63. The quantitative estimate of drug-likeness (QED) is 0.509. The topological polar surface area (TPSA) is 66.9 Å². The third-order valence-electron chi connectivity index (χ3n) is 0.395. The summed E-state index contributed by atoms with van der Waals surface area (Å²) in [4.78, 5) is 9.77. The lowest BCUT2D eigenvalue weighted by Gasteiger charge is -1.78. The molecule has 0 saturated heterocycles. The van der Waals surface area contributed by atoms with Crippen molar-refractivity contribution in [2.75, 3.05) is 0 Å². The fraction of sp³-hybridized carbons (Fsp3) is 0.250. The Kier molecular flexibility index (Phi) is 2.69. The summed E-state index contributed by atoms with van der Waals surface area (Å²) in [6.07, 6.45) is 1.23. The van der Waals surface area contributed by atoms with Crippen molar-refractivity contribution in [2.24, 2.45) is 5.73 Å². The van der Waals surface area contributed by atoms with Crippen molar-refractivity contribution in [3.8, 4) is 6.07 Å². The number of carbonyl (C=O) groups is 1. The molecule has 2 N–H and O–H groups in total. The van der Waals surface area contributed by atoms with Gasteiger partial charge in [0.05, 0.1) is 12.5 Å². The standard InChI is InChI=1S/C4H5N2O/c5-3-1-2-4(6)7/h2H,1H2,(H2,6,7). The average Bonchev–Trinajstić information content (AvgIpc) is 1.61. The van der Waals surface area contributed by atoms with E-state index in [2.05, 4.69) is 5.73 Å². The van der Waals surface area contributed by atoms with E-state index >= 15 is 0 Å². The van der Waals surface area contributed by atoms with Gasteiger partial charge in [-0.15, -0.1) is 0 Å². The van der Waals surface area contributed by atoms with E-state index in [0.29, 0.717) is 0 Å². The highest BCUT2D eigenvalue weighted by Gasteiger charge is 1.89. The van der Waals surface area contributed by atoms with Gasteiger partial charge in [0.1, 0.15) is 0 Å². The second kappa shape index (κ2) is 3.16. The van der Waals surface area contributed by atoms with Gasteiger partial charge < -0.3 is 5.73 Å². The largest absolute Gasteiger partial charge is 0.369 e. The Labute approximate surface area is 41.7 Å². The maximum absolute atomic E-state index is 9.77. The first-order valence-electron chi connectivity index (χ1n) is 1.77. The van der Waals surface area contributed by atoms with Crippen molar-refractivity contribution in [1.29, 1.82) is 5.26 Å². The SMILES string of the molecule is N#CC[CH]C(N)=O. The summed E-state index contributed by atoms with van der Waals surface area (Å²) >= 11 is 0. The molecule has 1 amide bonds. The van der Waals surface area contributed by atoms with Gasteiger partial charge in [-0.1, -0.05) is 0 Å². The van der Waals surface area contributed by atoms with Crippen LogP contribution in [0, 0.1) is 17.8 Å². The van der Waals surface area contributed by atoms with Crippen molar-refractivity contribution >= 4 is 5.91 Å². The molecule has 0 heterocycles. The maximum Gasteiger partial charge on any atom is 0.222 e. The van der Waals surface area contributed by atoms with E-state index < -0.39 is 5.91 Å². The number of hydrogen-bond acceptors (Lipinski definition) is 2. The summed E-state index contributed by atoms with van der Waals surface area (Å²) in [6, 6.07) is 1.74. The van der Waals surface area contributed by atoms with E-state index in [4.69, 9.17) is 5.26 Å². The summed E-state index contributed by atoms with van der Waals surface area (Å²) in [6.45, 7) is 0. The number of hydrogen-bond donors (Lipinski definition) is 1. The molecule has 7 heavy (non-hydrogen) atoms. The van der Waals surface area contributed by atoms with Crippen LogP contribution in [0.2, 0.25) is 0 Å². The van der Waals surface area contributed by atoms with Crippen LogP contribution in [-0.4, -0.2) is 5.91 Å². The molecule has 0 fully saturated rings. The first-order chi connectivity index (χ1) is 3.27. The molecule has 0 spiro atoms. The third kappa shape index (κ3) is 4.96. The van der Waals surface area contributed by atoms with Crippen LogP contribution in [0.5, 0.6) is 0 Å². The number of nitrogens with two attached hydrogens (primary N) is 1. The van der Waals surface area contributed by atoms with E-state index in [1.54, 1.807) is 6.07 Å². The van der Waals surface area contributed by atoms with Gasteiger partial charge in [-0.2, -0.15) is 5.26 Å². The monoisotopic (exact) mass is 97.0 g/mol. The van der Waals surface area contributed by atoms with Crippen LogP contribution in [0.3, 0.4) is 0 Å². The normalized spacial score (nSPS) is 7.29. The summed E-state index contributed by atoms with van der Waals surface area (Å²) < 4.78 is 0. The number of primary amides is 1. The minimum absolute atomic E-state index is 0.106. The highest BCUT2D eigenvalue weighted by molar-refractivity contribution is 5.82. The lowest BCUT2D eigenvalue weighted by atomic mass is 10.3. The maximum atomic E-state index is 9.77. The first kappa shape index (κ1) is 5.96. The van der Waals surface area contributed by atoms with Crippen LogP contribution in [0.15, 0.2) is 0 Å². The molecule has 3 heteroatoms. The molecule has 0 aliphatic heterocycles. The smallest absolute Gasteiger partial charge is 0.222 e. The van der Waals surface area contributed by atoms with Crippen LogP contribution < -0.4 is 5.73 Å². The highest BCUT2D eigenvalue weighted by Crippen LogP contribution is 1.78. The zero-order valence-electron chi connectivity index (χ0n) is 3.72. The molecule has 1 radical (unpaired) electrons. The van der Waals surface area contributed by atoms with Crippen LogP contribution in [0.1, 0.15) is 6.42 Å². The van der Waals surface area contributed by atoms with E-state index in [9.17, 15) is 4.79 Å². The molecule has 0 atom stereocenters. The van der Waals surface area contributed by atoms with Gasteiger partial charge in [0.15, 0.2) is 0 Å². The Balaban J connectivity index is 3.02. The molecule has 0 saturated carbocycles. The van der Waals surface area contributed by atoms with E-state index in [1.807, 2.05) is 0 Å². The van der Waals surface area contributed by atoms with Crippen molar-refractivity contribution < 1.29 is 4.79 Å². The van der Waals surface area contributed by atoms with Gasteiger partial charge in [0.25, 0.3) is 0 Å². The first-order valence-corrected chi connectivity index (χ1v) is 1.77. The Morgan fingerprint density at radius 2 is 2.57 bits per heavy atom. The number of nitrogens with zero attached hydrogens (tertiary/aromatic N) is 1. The number of carbonyl (C=O) groups excluding carboxylic acids is 1. The molecule has 0 aromatic heterocycles. The molecular formula is C4H5N2O. The highest BCUT2D eigenvalue weighted by atomic mass is 16.1. The molecule has 0 unspecified atom stereocenters. The lowest BCUT2D eigenvalue weighted by Crippen LogP contribution is -2.09. The molecule has 0 aromatic carbocycles. The van der Waals surface area contributed by atoms with Crippen molar-refractivity contribution in [2.45, 2.75) is 6.42 Å². The zero-order chi connectivity index (χ0) is 5.70. The van der Waals surface area contributed by atoms with E-state index in [1.165, 1.54) is 0 Å². The lowest BCUT2D eigenvalue weighted by molar-refractivity contribution is -0.114. The Hall–Kier alpha value is -1.04. The van der Waals surface area contributed by atoms with Gasteiger partial charge in [-0.25, -0.2) is 0 Å². The van der Waals surface area contributed by atoms with Crippen molar-refractivity contribution in [3.63, 3.8) is 0 Å². The number of nitriles is 1. The van der Waals surface area contributed by atoms with Gasteiger partial charge >= 0.3 is 0 Å². The fourth-order valence-corrected chi connectivity index (χ4v) is 0.146. The average molecular weight is 97.1 g/mol. The van der Waals surface area contributed by atoms with E-state index in [-0.39, 0.29) is 6.42 Å². The summed E-state index contributed by atoms with van der Waals surface area (Å²) in [5, 5.41) is 7.83. The van der Waals surface area contributed by atoms with Gasteiger partial charge in [-0.3, -0.25) is 4.79 Å². The molecule has 0 bridgehead atoms. The Bertz CT molecular complexity index is 103. The third-order valence-corrected chi connectivity index (χ3v) is 0.395. The van der Waals surface area contributed by atoms with Crippen LogP contribution in [-0.2, 0) is 4.79 Å². The molecule has 3 nitrogen and oxygen atoms in total. The van der Waals surface area contributed by atoms with Crippen LogP contribution in [0.25, 0.3) is 0 Å². The Morgan fingerprint density at radius 3 is 2.71 bits per heavy atom. The fourth-order valence-electron chi connectivity index (χ4n) is 0.146. The second-order valence-electron chi connectivity index (χ2n) is 0.969. The van der Waals surface area contributed by atoms with Crippen molar-refractivity contribution in [3.05, 3.63) is 6.42 Å². The Morgan fingerprint density at radius 1 is 2.00 bits per heavy atom. The zero-order valence-corrected chi connectivity index (χ0v) is 3.72. The molecule has 0 aliphatic carbocycles. The van der Waals surface area contributed by atoms with Gasteiger partial charge in [0, 0.05) is 6.42 Å². The number of rotatable bonds is 2.